The van der Waals surface area contributed by atoms with E-state index in [2.05, 4.69) is 25.6 Å². The highest BCUT2D eigenvalue weighted by atomic mass is 35.5. The largest absolute Gasteiger partial charge is 0.330 e. The molecule has 3 aromatic rings. The molecule has 1 amide bonds. The normalized spacial score (nSPS) is 10.6. The van der Waals surface area contributed by atoms with E-state index >= 15 is 0 Å². The molecular weight excluding hydrogens is 372 g/mol. The minimum Gasteiger partial charge on any atom is -0.330 e. The van der Waals surface area contributed by atoms with Gasteiger partial charge in [0.2, 0.25) is 11.9 Å². The van der Waals surface area contributed by atoms with Crippen LogP contribution >= 0.6 is 22.9 Å². The number of aromatic nitrogens is 3. The van der Waals surface area contributed by atoms with Crippen molar-refractivity contribution in [3.05, 3.63) is 47.2 Å². The number of thiazole rings is 1. The number of halogens is 1. The summed E-state index contributed by atoms with van der Waals surface area (Å²) < 4.78 is 0. The molecule has 9 heteroatoms. The molecule has 0 unspecified atom stereocenters. The predicted octanol–water partition coefficient (Wildman–Crippen LogP) is 3.59. The Labute approximate surface area is 159 Å². The summed E-state index contributed by atoms with van der Waals surface area (Å²) in [6, 6.07) is 9.08. The highest BCUT2D eigenvalue weighted by Crippen LogP contribution is 2.32. The SMILES string of the molecule is Cc1nc(NC(=O)CCN)sc1-c1ccnc(Nc2ccc(Cl)cc2)n1. The van der Waals surface area contributed by atoms with E-state index in [0.717, 1.165) is 22.0 Å². The fourth-order valence-electron chi connectivity index (χ4n) is 2.21. The van der Waals surface area contributed by atoms with Gasteiger partial charge in [0.05, 0.1) is 16.3 Å². The van der Waals surface area contributed by atoms with E-state index in [-0.39, 0.29) is 12.3 Å². The lowest BCUT2D eigenvalue weighted by molar-refractivity contribution is -0.116. The molecule has 0 radical (unpaired) electrons. The van der Waals surface area contributed by atoms with Gasteiger partial charge in [-0.15, -0.1) is 0 Å². The second kappa shape index (κ2) is 8.22. The van der Waals surface area contributed by atoms with Gasteiger partial charge in [-0.05, 0) is 37.3 Å². The van der Waals surface area contributed by atoms with Crippen molar-refractivity contribution in [2.24, 2.45) is 5.73 Å². The fraction of sp³-hybridized carbons (Fsp3) is 0.176. The lowest BCUT2D eigenvalue weighted by Crippen LogP contribution is -2.15. The van der Waals surface area contributed by atoms with Crippen LogP contribution < -0.4 is 16.4 Å². The molecule has 0 saturated carbocycles. The van der Waals surface area contributed by atoms with E-state index in [0.29, 0.717) is 22.6 Å². The fourth-order valence-corrected chi connectivity index (χ4v) is 3.29. The predicted molar refractivity (Wildman–Crippen MR) is 105 cm³/mol. The van der Waals surface area contributed by atoms with Crippen molar-refractivity contribution in [2.75, 3.05) is 17.2 Å². The first-order valence-electron chi connectivity index (χ1n) is 7.88. The number of carbonyl (C=O) groups is 1. The molecule has 0 bridgehead atoms. The van der Waals surface area contributed by atoms with Crippen LogP contribution in [0.2, 0.25) is 5.02 Å². The summed E-state index contributed by atoms with van der Waals surface area (Å²) in [4.78, 5) is 25.7. The lowest BCUT2D eigenvalue weighted by Gasteiger charge is -2.06. The molecule has 0 aliphatic heterocycles. The molecule has 0 spiro atoms. The van der Waals surface area contributed by atoms with Crippen molar-refractivity contribution >= 4 is 45.6 Å². The number of hydrogen-bond donors (Lipinski definition) is 3. The number of nitrogens with zero attached hydrogens (tertiary/aromatic N) is 3. The summed E-state index contributed by atoms with van der Waals surface area (Å²) in [7, 11) is 0. The molecule has 4 N–H and O–H groups in total. The average Bonchev–Trinajstić information content (AvgIpc) is 2.97. The van der Waals surface area contributed by atoms with Crippen LogP contribution in [0.25, 0.3) is 10.6 Å². The Kier molecular flexibility index (Phi) is 5.77. The van der Waals surface area contributed by atoms with Gasteiger partial charge in [-0.3, -0.25) is 4.79 Å². The molecule has 0 atom stereocenters. The summed E-state index contributed by atoms with van der Waals surface area (Å²) in [5, 5.41) is 7.08. The Morgan fingerprint density at radius 1 is 1.23 bits per heavy atom. The van der Waals surface area contributed by atoms with E-state index < -0.39 is 0 Å². The molecule has 0 fully saturated rings. The summed E-state index contributed by atoms with van der Waals surface area (Å²) in [5.74, 6) is 0.312. The molecule has 0 saturated heterocycles. The number of nitrogens with two attached hydrogens (primary N) is 1. The quantitative estimate of drug-likeness (QED) is 0.595. The van der Waals surface area contributed by atoms with Crippen molar-refractivity contribution in [1.29, 1.82) is 0 Å². The Bertz CT molecular complexity index is 912. The average molecular weight is 389 g/mol. The van der Waals surface area contributed by atoms with Gasteiger partial charge in [-0.1, -0.05) is 22.9 Å². The third-order valence-electron chi connectivity index (χ3n) is 3.40. The Morgan fingerprint density at radius 2 is 2.00 bits per heavy atom. The standard InChI is InChI=1S/C17H17ClN6OS/c1-10-15(26-17(21-10)24-14(25)6-8-19)13-7-9-20-16(23-13)22-12-4-2-11(18)3-5-12/h2-5,7,9H,6,8,19H2,1H3,(H,20,22,23)(H,21,24,25). The zero-order valence-corrected chi connectivity index (χ0v) is 15.6. The molecule has 1 aromatic carbocycles. The van der Waals surface area contributed by atoms with E-state index in [9.17, 15) is 4.79 Å². The van der Waals surface area contributed by atoms with Gasteiger partial charge < -0.3 is 16.4 Å². The number of aryl methyl sites for hydroxylation is 1. The van der Waals surface area contributed by atoms with Crippen molar-refractivity contribution in [3.63, 3.8) is 0 Å². The van der Waals surface area contributed by atoms with Crippen LogP contribution in [-0.4, -0.2) is 27.4 Å². The summed E-state index contributed by atoms with van der Waals surface area (Å²) >= 11 is 7.26. The minimum absolute atomic E-state index is 0.152. The minimum atomic E-state index is -0.152. The summed E-state index contributed by atoms with van der Waals surface area (Å²) in [5.41, 5.74) is 7.74. The second-order valence-corrected chi connectivity index (χ2v) is 6.85. The van der Waals surface area contributed by atoms with E-state index in [1.54, 1.807) is 24.4 Å². The van der Waals surface area contributed by atoms with E-state index in [4.69, 9.17) is 17.3 Å². The Hall–Kier alpha value is -2.55. The number of benzene rings is 1. The number of amides is 1. The van der Waals surface area contributed by atoms with Crippen LogP contribution in [0.5, 0.6) is 0 Å². The monoisotopic (exact) mass is 388 g/mol. The molecule has 3 rings (SSSR count). The Balaban J connectivity index is 1.80. The topological polar surface area (TPSA) is 106 Å². The molecular formula is C17H17ClN6OS. The first-order chi connectivity index (χ1) is 12.5. The molecule has 2 aromatic heterocycles. The van der Waals surface area contributed by atoms with Crippen LogP contribution in [0.1, 0.15) is 12.1 Å². The van der Waals surface area contributed by atoms with Gasteiger partial charge in [0.15, 0.2) is 5.13 Å². The third-order valence-corrected chi connectivity index (χ3v) is 4.75. The zero-order chi connectivity index (χ0) is 18.5. The zero-order valence-electron chi connectivity index (χ0n) is 14.0. The second-order valence-electron chi connectivity index (χ2n) is 5.42. The number of carbonyl (C=O) groups excluding carboxylic acids is 1. The summed E-state index contributed by atoms with van der Waals surface area (Å²) in [6.07, 6.45) is 1.93. The molecule has 2 heterocycles. The smallest absolute Gasteiger partial charge is 0.227 e. The highest BCUT2D eigenvalue weighted by Gasteiger charge is 2.13. The maximum absolute atomic E-state index is 11.7. The molecule has 0 aliphatic carbocycles. The first kappa shape index (κ1) is 18.2. The lowest BCUT2D eigenvalue weighted by atomic mass is 10.3. The van der Waals surface area contributed by atoms with Gasteiger partial charge >= 0.3 is 0 Å². The highest BCUT2D eigenvalue weighted by molar-refractivity contribution is 7.19. The van der Waals surface area contributed by atoms with Crippen molar-refractivity contribution in [2.45, 2.75) is 13.3 Å². The van der Waals surface area contributed by atoms with Crippen LogP contribution in [0.3, 0.4) is 0 Å². The molecule has 26 heavy (non-hydrogen) atoms. The van der Waals surface area contributed by atoms with Crippen LogP contribution in [-0.2, 0) is 4.79 Å². The molecule has 0 aliphatic rings. The van der Waals surface area contributed by atoms with Gasteiger partial charge in [-0.25, -0.2) is 15.0 Å². The maximum Gasteiger partial charge on any atom is 0.227 e. The van der Waals surface area contributed by atoms with E-state index in [1.807, 2.05) is 19.1 Å². The third kappa shape index (κ3) is 4.54. The number of anilines is 3. The number of rotatable bonds is 6. The molecule has 134 valence electrons. The van der Waals surface area contributed by atoms with Gasteiger partial charge in [0, 0.05) is 29.9 Å². The van der Waals surface area contributed by atoms with Gasteiger partial charge in [0.25, 0.3) is 0 Å². The molecule has 7 nitrogen and oxygen atoms in total. The van der Waals surface area contributed by atoms with Crippen molar-refractivity contribution < 1.29 is 4.79 Å². The van der Waals surface area contributed by atoms with Crippen molar-refractivity contribution in [1.82, 2.24) is 15.0 Å². The van der Waals surface area contributed by atoms with Crippen LogP contribution in [0.4, 0.5) is 16.8 Å². The van der Waals surface area contributed by atoms with Gasteiger partial charge in [-0.2, -0.15) is 0 Å². The Morgan fingerprint density at radius 3 is 2.73 bits per heavy atom. The van der Waals surface area contributed by atoms with E-state index in [1.165, 1.54) is 11.3 Å². The first-order valence-corrected chi connectivity index (χ1v) is 9.08. The van der Waals surface area contributed by atoms with Crippen LogP contribution in [0.15, 0.2) is 36.5 Å². The van der Waals surface area contributed by atoms with Crippen LogP contribution in [0, 0.1) is 6.92 Å². The summed E-state index contributed by atoms with van der Waals surface area (Å²) in [6.45, 7) is 2.17. The number of hydrogen-bond acceptors (Lipinski definition) is 7. The maximum atomic E-state index is 11.7. The van der Waals surface area contributed by atoms with Gasteiger partial charge in [0.1, 0.15) is 0 Å². The number of nitrogens with one attached hydrogen (secondary N) is 2. The van der Waals surface area contributed by atoms with Crippen molar-refractivity contribution in [3.8, 4) is 10.6 Å².